The molecule has 0 bridgehead atoms. The topological polar surface area (TPSA) is 33.5 Å². The number of benzene rings is 2. The lowest BCUT2D eigenvalue weighted by Crippen LogP contribution is -2.51. The van der Waals surface area contributed by atoms with Crippen LogP contribution in [0.1, 0.15) is 37.2 Å². The Balaban J connectivity index is 1.12. The second kappa shape index (κ2) is 9.15. The molecule has 182 valence electrons. The van der Waals surface area contributed by atoms with Gasteiger partial charge in [-0.2, -0.15) is 0 Å². The summed E-state index contributed by atoms with van der Waals surface area (Å²) in [6.07, 6.45) is 8.85. The van der Waals surface area contributed by atoms with Crippen LogP contribution in [0.2, 0.25) is 0 Å². The molecule has 1 aliphatic heterocycles. The quantitative estimate of drug-likeness (QED) is 0.380. The molecule has 0 radical (unpaired) electrons. The van der Waals surface area contributed by atoms with E-state index in [1.807, 2.05) is 18.3 Å². The minimum absolute atomic E-state index is 0.143. The number of rotatable bonds is 4. The van der Waals surface area contributed by atoms with Gasteiger partial charge in [0.15, 0.2) is 0 Å². The van der Waals surface area contributed by atoms with Crippen molar-refractivity contribution in [2.75, 3.05) is 38.2 Å². The minimum Gasteiger partial charge on any atom is -0.497 e. The average molecular weight is 473 g/mol. The van der Waals surface area contributed by atoms with E-state index in [1.165, 1.54) is 36.9 Å². The highest BCUT2D eigenvalue weighted by molar-refractivity contribution is 5.92. The third-order valence-corrected chi connectivity index (χ3v) is 8.18. The molecule has 2 aliphatic rings. The van der Waals surface area contributed by atoms with E-state index in [-0.39, 0.29) is 5.82 Å². The number of methoxy groups -OCH3 is 1. The number of halogens is 1. The molecule has 3 heterocycles. The van der Waals surface area contributed by atoms with Crippen molar-refractivity contribution >= 4 is 27.5 Å². The summed E-state index contributed by atoms with van der Waals surface area (Å²) < 4.78 is 21.7. The predicted molar refractivity (Wildman–Crippen MR) is 140 cm³/mol. The summed E-state index contributed by atoms with van der Waals surface area (Å²) in [4.78, 5) is 9.82. The van der Waals surface area contributed by atoms with Gasteiger partial charge in [-0.3, -0.25) is 9.88 Å². The number of hydrogen-bond donors (Lipinski definition) is 0. The fourth-order valence-electron chi connectivity index (χ4n) is 6.31. The molecule has 1 saturated carbocycles. The maximum absolute atomic E-state index is 14.0. The fourth-order valence-corrected chi connectivity index (χ4v) is 6.31. The third kappa shape index (κ3) is 4.14. The molecular formula is C29H33FN4O. The Labute approximate surface area is 206 Å². The molecule has 0 amide bonds. The van der Waals surface area contributed by atoms with Crippen LogP contribution in [0.25, 0.3) is 21.8 Å². The van der Waals surface area contributed by atoms with Gasteiger partial charge in [-0.05, 0) is 67.5 Å². The van der Waals surface area contributed by atoms with Crippen LogP contribution in [-0.4, -0.2) is 53.8 Å². The van der Waals surface area contributed by atoms with Crippen molar-refractivity contribution in [3.05, 3.63) is 66.2 Å². The molecule has 1 saturated heterocycles. The number of ether oxygens (including phenoxy) is 1. The van der Waals surface area contributed by atoms with Gasteiger partial charge in [-0.1, -0.05) is 6.07 Å². The Morgan fingerprint density at radius 3 is 2.54 bits per heavy atom. The van der Waals surface area contributed by atoms with Gasteiger partial charge >= 0.3 is 0 Å². The van der Waals surface area contributed by atoms with Crippen LogP contribution in [-0.2, 0) is 7.05 Å². The fraction of sp³-hybridized carbons (Fsp3) is 0.414. The Morgan fingerprint density at radius 1 is 0.971 bits per heavy atom. The number of aryl methyl sites for hydroxylation is 1. The molecule has 1 aliphatic carbocycles. The highest BCUT2D eigenvalue weighted by Gasteiger charge is 2.30. The molecule has 2 fully saturated rings. The zero-order valence-corrected chi connectivity index (χ0v) is 20.6. The molecule has 0 atom stereocenters. The second-order valence-corrected chi connectivity index (χ2v) is 10.1. The van der Waals surface area contributed by atoms with E-state index in [1.54, 1.807) is 19.2 Å². The Morgan fingerprint density at radius 2 is 1.77 bits per heavy atom. The van der Waals surface area contributed by atoms with Gasteiger partial charge in [-0.15, -0.1) is 0 Å². The van der Waals surface area contributed by atoms with E-state index < -0.39 is 0 Å². The second-order valence-electron chi connectivity index (χ2n) is 10.1. The van der Waals surface area contributed by atoms with Gasteiger partial charge in [0.1, 0.15) is 11.6 Å². The first-order chi connectivity index (χ1) is 17.1. The lowest BCUT2D eigenvalue weighted by molar-refractivity contribution is 0.141. The lowest BCUT2D eigenvalue weighted by Gasteiger charge is -2.42. The van der Waals surface area contributed by atoms with Crippen molar-refractivity contribution in [3.63, 3.8) is 0 Å². The van der Waals surface area contributed by atoms with E-state index in [4.69, 9.17) is 4.74 Å². The summed E-state index contributed by atoms with van der Waals surface area (Å²) in [7, 11) is 3.79. The van der Waals surface area contributed by atoms with Gasteiger partial charge in [0.05, 0.1) is 18.3 Å². The summed E-state index contributed by atoms with van der Waals surface area (Å²) in [5, 5.41) is 2.21. The van der Waals surface area contributed by atoms with Crippen LogP contribution in [0.5, 0.6) is 5.75 Å². The number of pyridine rings is 1. The first-order valence-electron chi connectivity index (χ1n) is 12.8. The van der Waals surface area contributed by atoms with Crippen molar-refractivity contribution in [2.24, 2.45) is 7.05 Å². The molecule has 35 heavy (non-hydrogen) atoms. The molecule has 5 nitrogen and oxygen atoms in total. The van der Waals surface area contributed by atoms with Crippen molar-refractivity contribution in [1.29, 1.82) is 0 Å². The van der Waals surface area contributed by atoms with Crippen molar-refractivity contribution in [1.82, 2.24) is 14.5 Å². The van der Waals surface area contributed by atoms with Crippen LogP contribution < -0.4 is 9.64 Å². The summed E-state index contributed by atoms with van der Waals surface area (Å²) in [5.41, 5.74) is 4.67. The van der Waals surface area contributed by atoms with Gasteiger partial charge in [0.25, 0.3) is 0 Å². The Kier molecular flexibility index (Phi) is 5.85. The molecule has 6 rings (SSSR count). The van der Waals surface area contributed by atoms with Gasteiger partial charge in [0.2, 0.25) is 0 Å². The highest BCUT2D eigenvalue weighted by Crippen LogP contribution is 2.39. The standard InChI is InChI=1S/C29H33FN4O/c1-32-19-26(25-17-22(30)7-10-27(25)32)20-5-8-23(9-6-20)33-12-14-34(15-13-33)28-18-24(35-2)16-21-4-3-11-31-29(21)28/h3-4,7,10-11,16-20,23H,5-6,8-9,12-15H2,1-2H3. The molecule has 4 aromatic rings. The predicted octanol–water partition coefficient (Wildman–Crippen LogP) is 5.72. The third-order valence-electron chi connectivity index (χ3n) is 8.18. The number of aromatic nitrogens is 2. The van der Waals surface area contributed by atoms with Crippen molar-refractivity contribution in [3.8, 4) is 5.75 Å². The van der Waals surface area contributed by atoms with Crippen molar-refractivity contribution < 1.29 is 9.13 Å². The first kappa shape index (κ1) is 22.4. The normalized spacial score (nSPS) is 21.6. The van der Waals surface area contributed by atoms with E-state index in [0.717, 1.165) is 53.7 Å². The number of piperazine rings is 1. The summed E-state index contributed by atoms with van der Waals surface area (Å²) in [5.74, 6) is 1.26. The van der Waals surface area contributed by atoms with Crippen LogP contribution >= 0.6 is 0 Å². The summed E-state index contributed by atoms with van der Waals surface area (Å²) in [6, 6.07) is 14.1. The number of fused-ring (bicyclic) bond motifs is 2. The summed E-state index contributed by atoms with van der Waals surface area (Å²) >= 11 is 0. The monoisotopic (exact) mass is 472 g/mol. The molecule has 0 spiro atoms. The highest BCUT2D eigenvalue weighted by atomic mass is 19.1. The Hall–Kier alpha value is -3.12. The first-order valence-corrected chi connectivity index (χ1v) is 12.8. The average Bonchev–Trinajstić information content (AvgIpc) is 3.23. The SMILES string of the molecule is COc1cc(N2CCN(C3CCC(c4cn(C)c5ccc(F)cc45)CC3)CC2)c2ncccc2c1. The molecule has 6 heteroatoms. The van der Waals surface area contributed by atoms with Gasteiger partial charge < -0.3 is 14.2 Å². The van der Waals surface area contributed by atoms with Crippen molar-refractivity contribution in [2.45, 2.75) is 37.6 Å². The van der Waals surface area contributed by atoms with E-state index >= 15 is 0 Å². The number of nitrogens with zero attached hydrogens (tertiary/aromatic N) is 4. The zero-order valence-electron chi connectivity index (χ0n) is 20.6. The number of anilines is 1. The van der Waals surface area contributed by atoms with E-state index in [0.29, 0.717) is 12.0 Å². The van der Waals surface area contributed by atoms with Crippen LogP contribution in [0.3, 0.4) is 0 Å². The van der Waals surface area contributed by atoms with Crippen LogP contribution in [0.4, 0.5) is 10.1 Å². The van der Waals surface area contributed by atoms with Gasteiger partial charge in [0, 0.05) is 74.0 Å². The molecule has 2 aromatic heterocycles. The maximum atomic E-state index is 14.0. The molecular weight excluding hydrogens is 439 g/mol. The Bertz CT molecular complexity index is 1350. The van der Waals surface area contributed by atoms with E-state index in [2.05, 4.69) is 50.8 Å². The smallest absolute Gasteiger partial charge is 0.123 e. The van der Waals surface area contributed by atoms with E-state index in [9.17, 15) is 4.39 Å². The summed E-state index contributed by atoms with van der Waals surface area (Å²) in [6.45, 7) is 4.14. The van der Waals surface area contributed by atoms with Gasteiger partial charge in [-0.25, -0.2) is 4.39 Å². The molecule has 2 aromatic carbocycles. The largest absolute Gasteiger partial charge is 0.497 e. The lowest BCUT2D eigenvalue weighted by atomic mass is 9.81. The minimum atomic E-state index is -0.143. The molecule has 0 unspecified atom stereocenters. The molecule has 0 N–H and O–H groups in total. The van der Waals surface area contributed by atoms with Crippen LogP contribution in [0, 0.1) is 5.82 Å². The van der Waals surface area contributed by atoms with Crippen LogP contribution in [0.15, 0.2) is 54.9 Å². The zero-order chi connectivity index (χ0) is 23.9. The maximum Gasteiger partial charge on any atom is 0.123 e. The number of hydrogen-bond acceptors (Lipinski definition) is 4.